The monoisotopic (exact) mass is 462 g/mol. The topological polar surface area (TPSA) is 49.3 Å². The molecule has 1 heterocycles. The number of hydrogen-bond donors (Lipinski definition) is 2. The van der Waals surface area contributed by atoms with Crippen molar-refractivity contribution in [3.63, 3.8) is 0 Å². The van der Waals surface area contributed by atoms with E-state index in [9.17, 15) is 4.39 Å². The van der Waals surface area contributed by atoms with Gasteiger partial charge in [-0.2, -0.15) is 0 Å². The lowest BCUT2D eigenvalue weighted by Crippen LogP contribution is -2.38. The molecule has 0 aliphatic heterocycles. The molecule has 0 aliphatic carbocycles. The molecule has 0 bridgehead atoms. The first-order valence-electron chi connectivity index (χ1n) is 7.78. The summed E-state index contributed by atoms with van der Waals surface area (Å²) in [5.74, 6) is 0.540. The van der Waals surface area contributed by atoms with Crippen molar-refractivity contribution in [2.24, 2.45) is 4.99 Å². The zero-order chi connectivity index (χ0) is 16.7. The zero-order valence-electron chi connectivity index (χ0n) is 14.2. The van der Waals surface area contributed by atoms with Crippen molar-refractivity contribution in [2.45, 2.75) is 33.7 Å². The van der Waals surface area contributed by atoms with Crippen LogP contribution >= 0.6 is 35.3 Å². The molecule has 132 valence electrons. The van der Waals surface area contributed by atoms with Crippen LogP contribution in [0.2, 0.25) is 0 Å². The van der Waals surface area contributed by atoms with E-state index in [1.165, 1.54) is 17.0 Å². The Kier molecular flexibility index (Phi) is 9.20. The predicted molar refractivity (Wildman–Crippen MR) is 110 cm³/mol. The van der Waals surface area contributed by atoms with Crippen LogP contribution in [-0.4, -0.2) is 24.0 Å². The van der Waals surface area contributed by atoms with Crippen LogP contribution in [-0.2, 0) is 13.0 Å². The van der Waals surface area contributed by atoms with E-state index < -0.39 is 0 Å². The Morgan fingerprint density at radius 2 is 1.92 bits per heavy atom. The van der Waals surface area contributed by atoms with E-state index in [-0.39, 0.29) is 29.8 Å². The molecule has 0 unspecified atom stereocenters. The number of aryl methyl sites for hydroxylation is 2. The van der Waals surface area contributed by atoms with E-state index in [1.807, 2.05) is 13.8 Å². The third-order valence-electron chi connectivity index (χ3n) is 3.38. The standard InChI is InChI=1S/C17H23FN4S.HI/c1-4-19-17(21-11-14-5-7-15(18)8-6-14)20-10-9-16-22-12(2)13(3)23-16;/h5-8H,4,9-11H2,1-3H3,(H2,19,20,21);1H. The molecule has 2 N–H and O–H groups in total. The van der Waals surface area contributed by atoms with Crippen LogP contribution in [0.1, 0.15) is 28.1 Å². The lowest BCUT2D eigenvalue weighted by atomic mass is 10.2. The Morgan fingerprint density at radius 3 is 2.50 bits per heavy atom. The van der Waals surface area contributed by atoms with Crippen LogP contribution in [0.15, 0.2) is 29.3 Å². The fourth-order valence-electron chi connectivity index (χ4n) is 2.04. The van der Waals surface area contributed by atoms with Gasteiger partial charge in [0.05, 0.1) is 17.2 Å². The molecule has 1 aromatic heterocycles. The largest absolute Gasteiger partial charge is 0.357 e. The molecule has 0 radical (unpaired) electrons. The van der Waals surface area contributed by atoms with Gasteiger partial charge in [0.1, 0.15) is 5.82 Å². The van der Waals surface area contributed by atoms with Gasteiger partial charge in [0.25, 0.3) is 0 Å². The van der Waals surface area contributed by atoms with E-state index in [0.717, 1.165) is 41.7 Å². The number of aromatic nitrogens is 1. The van der Waals surface area contributed by atoms with Gasteiger partial charge in [-0.1, -0.05) is 12.1 Å². The maximum atomic E-state index is 12.9. The fourth-order valence-corrected chi connectivity index (χ4v) is 2.97. The van der Waals surface area contributed by atoms with Crippen molar-refractivity contribution in [1.29, 1.82) is 0 Å². The highest BCUT2D eigenvalue weighted by atomic mass is 127. The van der Waals surface area contributed by atoms with Gasteiger partial charge in [-0.3, -0.25) is 0 Å². The number of thiazole rings is 1. The second-order valence-corrected chi connectivity index (χ2v) is 6.54. The van der Waals surface area contributed by atoms with E-state index in [0.29, 0.717) is 6.54 Å². The molecule has 0 fully saturated rings. The first-order chi connectivity index (χ1) is 11.1. The van der Waals surface area contributed by atoms with Gasteiger partial charge in [-0.25, -0.2) is 14.4 Å². The Hall–Kier alpha value is -1.22. The van der Waals surface area contributed by atoms with Crippen molar-refractivity contribution >= 4 is 41.3 Å². The molecule has 0 amide bonds. The molecule has 4 nitrogen and oxygen atoms in total. The fraction of sp³-hybridized carbons (Fsp3) is 0.412. The van der Waals surface area contributed by atoms with Crippen molar-refractivity contribution < 1.29 is 4.39 Å². The number of hydrogen-bond acceptors (Lipinski definition) is 3. The average Bonchev–Trinajstić information content (AvgIpc) is 2.85. The van der Waals surface area contributed by atoms with Crippen LogP contribution < -0.4 is 10.6 Å². The minimum absolute atomic E-state index is 0. The van der Waals surface area contributed by atoms with Gasteiger partial charge < -0.3 is 10.6 Å². The van der Waals surface area contributed by atoms with Gasteiger partial charge in [-0.15, -0.1) is 35.3 Å². The molecular weight excluding hydrogens is 438 g/mol. The number of nitrogens with one attached hydrogen (secondary N) is 2. The van der Waals surface area contributed by atoms with E-state index in [2.05, 4.69) is 27.5 Å². The van der Waals surface area contributed by atoms with Crippen molar-refractivity contribution in [3.8, 4) is 0 Å². The summed E-state index contributed by atoms with van der Waals surface area (Å²) in [6.45, 7) is 8.26. The third-order valence-corrected chi connectivity index (χ3v) is 4.51. The van der Waals surface area contributed by atoms with Crippen molar-refractivity contribution in [2.75, 3.05) is 13.1 Å². The summed E-state index contributed by atoms with van der Waals surface area (Å²) in [5, 5.41) is 7.67. The van der Waals surface area contributed by atoms with E-state index in [1.54, 1.807) is 23.5 Å². The van der Waals surface area contributed by atoms with Crippen LogP contribution in [0.25, 0.3) is 0 Å². The number of aliphatic imine (C=N–C) groups is 1. The number of halogens is 2. The van der Waals surface area contributed by atoms with E-state index >= 15 is 0 Å². The van der Waals surface area contributed by atoms with Gasteiger partial charge in [-0.05, 0) is 38.5 Å². The summed E-state index contributed by atoms with van der Waals surface area (Å²) >= 11 is 1.74. The molecule has 0 saturated carbocycles. The first-order valence-corrected chi connectivity index (χ1v) is 8.59. The number of nitrogens with zero attached hydrogens (tertiary/aromatic N) is 2. The van der Waals surface area contributed by atoms with Crippen LogP contribution in [0, 0.1) is 19.7 Å². The molecule has 0 aliphatic rings. The molecule has 7 heteroatoms. The van der Waals surface area contributed by atoms with Crippen LogP contribution in [0.4, 0.5) is 4.39 Å². The number of rotatable bonds is 6. The Bertz CT molecular complexity index is 636. The summed E-state index contributed by atoms with van der Waals surface area (Å²) in [4.78, 5) is 10.3. The molecule has 0 spiro atoms. The predicted octanol–water partition coefficient (Wildman–Crippen LogP) is 3.81. The summed E-state index contributed by atoms with van der Waals surface area (Å²) < 4.78 is 12.9. The highest BCUT2D eigenvalue weighted by Crippen LogP contribution is 2.16. The summed E-state index contributed by atoms with van der Waals surface area (Å²) in [6.07, 6.45) is 0.875. The first kappa shape index (κ1) is 20.8. The second-order valence-electron chi connectivity index (χ2n) is 5.25. The number of benzene rings is 1. The summed E-state index contributed by atoms with van der Waals surface area (Å²) in [6, 6.07) is 6.42. The molecule has 24 heavy (non-hydrogen) atoms. The molecule has 2 rings (SSSR count). The number of guanidine groups is 1. The average molecular weight is 462 g/mol. The van der Waals surface area contributed by atoms with Crippen LogP contribution in [0.5, 0.6) is 0 Å². The van der Waals surface area contributed by atoms with Gasteiger partial charge in [0.2, 0.25) is 0 Å². The Balaban J connectivity index is 0.00000288. The molecule has 0 saturated heterocycles. The van der Waals surface area contributed by atoms with Crippen molar-refractivity contribution in [1.82, 2.24) is 15.6 Å². The second kappa shape index (κ2) is 10.6. The molecule has 2 aromatic rings. The van der Waals surface area contributed by atoms with Gasteiger partial charge in [0.15, 0.2) is 5.96 Å². The quantitative estimate of drug-likeness (QED) is 0.390. The Labute approximate surface area is 164 Å². The molecule has 1 aromatic carbocycles. The minimum atomic E-state index is -0.225. The SMILES string of the molecule is CCNC(=NCc1ccc(F)cc1)NCCc1nc(C)c(C)s1.I. The summed E-state index contributed by atoms with van der Waals surface area (Å²) in [7, 11) is 0. The Morgan fingerprint density at radius 1 is 1.21 bits per heavy atom. The van der Waals surface area contributed by atoms with E-state index in [4.69, 9.17) is 0 Å². The lowest BCUT2D eigenvalue weighted by Gasteiger charge is -2.10. The highest BCUT2D eigenvalue weighted by Gasteiger charge is 2.04. The highest BCUT2D eigenvalue weighted by molar-refractivity contribution is 14.0. The normalized spacial score (nSPS) is 11.1. The molecular formula is C17H24FIN4S. The third kappa shape index (κ3) is 6.72. The smallest absolute Gasteiger partial charge is 0.191 e. The van der Waals surface area contributed by atoms with Crippen LogP contribution in [0.3, 0.4) is 0 Å². The maximum absolute atomic E-state index is 12.9. The van der Waals surface area contributed by atoms with Crippen molar-refractivity contribution in [3.05, 3.63) is 51.2 Å². The lowest BCUT2D eigenvalue weighted by molar-refractivity contribution is 0.627. The zero-order valence-corrected chi connectivity index (χ0v) is 17.4. The maximum Gasteiger partial charge on any atom is 0.191 e. The molecule has 0 atom stereocenters. The van der Waals surface area contributed by atoms with Gasteiger partial charge >= 0.3 is 0 Å². The minimum Gasteiger partial charge on any atom is -0.357 e. The summed E-state index contributed by atoms with van der Waals surface area (Å²) in [5.41, 5.74) is 2.09. The van der Waals surface area contributed by atoms with Gasteiger partial charge in [0, 0.05) is 24.4 Å².